The lowest BCUT2D eigenvalue weighted by molar-refractivity contribution is 0.232. The Morgan fingerprint density at radius 1 is 1.47 bits per heavy atom. The Kier molecular flexibility index (Phi) is 4.87. The topological polar surface area (TPSA) is 29.5 Å². The van der Waals surface area contributed by atoms with E-state index in [1.165, 1.54) is 0 Å². The molecule has 1 amide bonds. The smallest absolute Gasteiger partial charge is 0.278 e. The first kappa shape index (κ1) is 13.9. The van der Waals surface area contributed by atoms with Gasteiger partial charge in [0.05, 0.1) is 7.11 Å². The van der Waals surface area contributed by atoms with Crippen LogP contribution in [0.25, 0.3) is 0 Å². The first-order valence-corrected chi connectivity index (χ1v) is 6.01. The molecule has 17 heavy (non-hydrogen) atoms. The fourth-order valence-electron chi connectivity index (χ4n) is 1.67. The number of rotatable bonds is 4. The molecule has 0 radical (unpaired) electrons. The van der Waals surface area contributed by atoms with Gasteiger partial charge < -0.3 is 9.64 Å². The lowest BCUT2D eigenvalue weighted by Gasteiger charge is -2.17. The second-order valence-corrected chi connectivity index (χ2v) is 4.75. The quantitative estimate of drug-likeness (QED) is 0.834. The number of carbonyl (C=O) groups excluding carboxylic acids is 1. The molecule has 0 saturated heterocycles. The SMILES string of the molecule is COc1ccc(CN(C)C(=O)S)cc1C(C)C. The highest BCUT2D eigenvalue weighted by Crippen LogP contribution is 2.27. The van der Waals surface area contributed by atoms with Crippen LogP contribution in [0.1, 0.15) is 30.9 Å². The Bertz CT molecular complexity index is 404. The molecule has 0 N–H and O–H groups in total. The fraction of sp³-hybridized carbons (Fsp3) is 0.462. The maximum atomic E-state index is 11.1. The predicted molar refractivity (Wildman–Crippen MR) is 72.9 cm³/mol. The van der Waals surface area contributed by atoms with Crippen molar-refractivity contribution in [3.8, 4) is 5.75 Å². The van der Waals surface area contributed by atoms with Gasteiger partial charge in [0.1, 0.15) is 5.75 Å². The molecular weight excluding hydrogens is 234 g/mol. The lowest BCUT2D eigenvalue weighted by atomic mass is 9.99. The van der Waals surface area contributed by atoms with E-state index in [2.05, 4.69) is 32.5 Å². The molecule has 0 aliphatic heterocycles. The summed E-state index contributed by atoms with van der Waals surface area (Å²) >= 11 is 3.79. The molecule has 0 saturated carbocycles. The summed E-state index contributed by atoms with van der Waals surface area (Å²) in [6.07, 6.45) is 0. The third-order valence-corrected chi connectivity index (χ3v) is 3.00. The summed E-state index contributed by atoms with van der Waals surface area (Å²) in [6.45, 7) is 4.80. The zero-order chi connectivity index (χ0) is 13.0. The van der Waals surface area contributed by atoms with E-state index in [-0.39, 0.29) is 5.24 Å². The van der Waals surface area contributed by atoms with Gasteiger partial charge in [0, 0.05) is 13.6 Å². The summed E-state index contributed by atoms with van der Waals surface area (Å²) in [7, 11) is 3.40. The van der Waals surface area contributed by atoms with Gasteiger partial charge >= 0.3 is 0 Å². The number of methoxy groups -OCH3 is 1. The Morgan fingerprint density at radius 3 is 2.59 bits per heavy atom. The van der Waals surface area contributed by atoms with E-state index >= 15 is 0 Å². The summed E-state index contributed by atoms with van der Waals surface area (Å²) in [5, 5.41) is -0.230. The molecular formula is C13H19NO2S. The van der Waals surface area contributed by atoms with Crippen LogP contribution >= 0.6 is 12.6 Å². The van der Waals surface area contributed by atoms with E-state index in [1.54, 1.807) is 19.1 Å². The minimum atomic E-state index is -0.230. The van der Waals surface area contributed by atoms with Gasteiger partial charge in [-0.3, -0.25) is 4.79 Å². The number of carbonyl (C=O) groups is 1. The molecule has 1 aromatic rings. The van der Waals surface area contributed by atoms with E-state index in [0.717, 1.165) is 16.9 Å². The molecule has 0 aliphatic carbocycles. The van der Waals surface area contributed by atoms with Gasteiger partial charge in [-0.05, 0) is 23.1 Å². The Labute approximate surface area is 108 Å². The van der Waals surface area contributed by atoms with Crippen molar-refractivity contribution < 1.29 is 9.53 Å². The van der Waals surface area contributed by atoms with Crippen LogP contribution in [-0.4, -0.2) is 24.3 Å². The standard InChI is InChI=1S/C13H19NO2S/c1-9(2)11-7-10(5-6-12(11)16-4)8-14(3)13(15)17/h5-7,9H,8H2,1-4H3,(H,15,17). The molecule has 0 aliphatic rings. The van der Waals surface area contributed by atoms with Crippen LogP contribution in [0.3, 0.4) is 0 Å². The first-order valence-electron chi connectivity index (χ1n) is 5.56. The van der Waals surface area contributed by atoms with Gasteiger partial charge in [0.2, 0.25) is 0 Å². The summed E-state index contributed by atoms with van der Waals surface area (Å²) in [5.41, 5.74) is 2.24. The van der Waals surface area contributed by atoms with E-state index in [4.69, 9.17) is 4.74 Å². The molecule has 0 aromatic heterocycles. The summed E-state index contributed by atoms with van der Waals surface area (Å²) in [6, 6.07) is 6.00. The maximum absolute atomic E-state index is 11.1. The number of hydrogen-bond donors (Lipinski definition) is 1. The van der Waals surface area contributed by atoms with Gasteiger partial charge in [-0.1, -0.05) is 38.6 Å². The fourth-order valence-corrected chi connectivity index (χ4v) is 1.75. The normalized spacial score (nSPS) is 10.5. The summed E-state index contributed by atoms with van der Waals surface area (Å²) < 4.78 is 5.32. The van der Waals surface area contributed by atoms with Gasteiger partial charge in [-0.2, -0.15) is 0 Å². The van der Waals surface area contributed by atoms with Crippen molar-refractivity contribution in [2.45, 2.75) is 26.3 Å². The summed E-state index contributed by atoms with van der Waals surface area (Å²) in [4.78, 5) is 12.6. The molecule has 0 spiro atoms. The van der Waals surface area contributed by atoms with Crippen LogP contribution in [0, 0.1) is 0 Å². The van der Waals surface area contributed by atoms with E-state index < -0.39 is 0 Å². The van der Waals surface area contributed by atoms with Crippen LogP contribution in [0.2, 0.25) is 0 Å². The maximum Gasteiger partial charge on any atom is 0.278 e. The molecule has 0 fully saturated rings. The minimum Gasteiger partial charge on any atom is -0.496 e. The first-order chi connectivity index (χ1) is 7.95. The third kappa shape index (κ3) is 3.66. The second-order valence-electron chi connectivity index (χ2n) is 4.37. The van der Waals surface area contributed by atoms with E-state index in [0.29, 0.717) is 12.5 Å². The largest absolute Gasteiger partial charge is 0.496 e. The zero-order valence-electron chi connectivity index (χ0n) is 10.7. The Hall–Kier alpha value is -1.16. The molecule has 94 valence electrons. The average Bonchev–Trinajstić information content (AvgIpc) is 2.28. The molecule has 4 heteroatoms. The monoisotopic (exact) mass is 253 g/mol. The van der Waals surface area contributed by atoms with E-state index in [1.807, 2.05) is 12.1 Å². The van der Waals surface area contributed by atoms with Crippen LogP contribution < -0.4 is 4.74 Å². The number of amides is 1. The molecule has 0 heterocycles. The van der Waals surface area contributed by atoms with Crippen molar-refractivity contribution in [3.63, 3.8) is 0 Å². The number of benzene rings is 1. The Balaban J connectivity index is 2.96. The van der Waals surface area contributed by atoms with Crippen molar-refractivity contribution in [1.82, 2.24) is 4.90 Å². The highest BCUT2D eigenvalue weighted by atomic mass is 32.1. The zero-order valence-corrected chi connectivity index (χ0v) is 11.6. The predicted octanol–water partition coefficient (Wildman–Crippen LogP) is 3.30. The molecule has 1 aromatic carbocycles. The number of ether oxygens (including phenoxy) is 1. The third-order valence-electron chi connectivity index (χ3n) is 2.66. The minimum absolute atomic E-state index is 0.230. The molecule has 0 bridgehead atoms. The van der Waals surface area contributed by atoms with Gasteiger partial charge in [0.25, 0.3) is 5.24 Å². The van der Waals surface area contributed by atoms with Gasteiger partial charge in [-0.15, -0.1) is 0 Å². The average molecular weight is 253 g/mol. The number of hydrogen-bond acceptors (Lipinski definition) is 2. The molecule has 1 rings (SSSR count). The van der Waals surface area contributed by atoms with Crippen LogP contribution in [0.5, 0.6) is 5.75 Å². The Morgan fingerprint density at radius 2 is 2.12 bits per heavy atom. The van der Waals surface area contributed by atoms with E-state index in [9.17, 15) is 4.79 Å². The van der Waals surface area contributed by atoms with Crippen molar-refractivity contribution in [3.05, 3.63) is 29.3 Å². The molecule has 0 atom stereocenters. The van der Waals surface area contributed by atoms with Crippen LogP contribution in [-0.2, 0) is 6.54 Å². The second kappa shape index (κ2) is 5.96. The lowest BCUT2D eigenvalue weighted by Crippen LogP contribution is -2.20. The number of nitrogens with zero attached hydrogens (tertiary/aromatic N) is 1. The highest BCUT2D eigenvalue weighted by Gasteiger charge is 2.10. The summed E-state index contributed by atoms with van der Waals surface area (Å²) in [5.74, 6) is 1.28. The number of thiol groups is 1. The van der Waals surface area contributed by atoms with Gasteiger partial charge in [-0.25, -0.2) is 0 Å². The van der Waals surface area contributed by atoms with Crippen LogP contribution in [0.4, 0.5) is 4.79 Å². The van der Waals surface area contributed by atoms with Crippen molar-refractivity contribution in [2.75, 3.05) is 14.2 Å². The highest BCUT2D eigenvalue weighted by molar-refractivity contribution is 7.96. The van der Waals surface area contributed by atoms with Crippen LogP contribution in [0.15, 0.2) is 18.2 Å². The van der Waals surface area contributed by atoms with Crippen molar-refractivity contribution in [1.29, 1.82) is 0 Å². The molecule has 3 nitrogen and oxygen atoms in total. The van der Waals surface area contributed by atoms with Crippen molar-refractivity contribution >= 4 is 17.9 Å². The van der Waals surface area contributed by atoms with Gasteiger partial charge in [0.15, 0.2) is 0 Å². The van der Waals surface area contributed by atoms with Crippen molar-refractivity contribution in [2.24, 2.45) is 0 Å². The molecule has 0 unspecified atom stereocenters.